The molecule has 182 valence electrons. The lowest BCUT2D eigenvalue weighted by molar-refractivity contribution is -0.140. The fourth-order valence-corrected chi connectivity index (χ4v) is 3.85. The third kappa shape index (κ3) is 8.02. The maximum absolute atomic E-state index is 12.6. The highest BCUT2D eigenvalue weighted by Crippen LogP contribution is 2.26. The quantitative estimate of drug-likeness (QED) is 0.330. The number of ketones is 1. The second-order valence-corrected chi connectivity index (χ2v) is 9.83. The van der Waals surface area contributed by atoms with Crippen molar-refractivity contribution >= 4 is 29.4 Å². The zero-order valence-corrected chi connectivity index (χ0v) is 20.7. The summed E-state index contributed by atoms with van der Waals surface area (Å²) in [5, 5.41) is 5.48. The van der Waals surface area contributed by atoms with Crippen LogP contribution in [0.5, 0.6) is 0 Å². The van der Waals surface area contributed by atoms with Crippen molar-refractivity contribution in [3.8, 4) is 0 Å². The highest BCUT2D eigenvalue weighted by Gasteiger charge is 2.39. The lowest BCUT2D eigenvalue weighted by Gasteiger charge is -2.24. The number of rotatable bonds is 13. The number of unbranched alkanes of at least 4 members (excludes halogenated alkanes) is 2. The average molecular weight is 452 g/mol. The van der Waals surface area contributed by atoms with Crippen molar-refractivity contribution < 1.29 is 24.0 Å². The average Bonchev–Trinajstić information content (AvgIpc) is 2.98. The van der Waals surface area contributed by atoms with Crippen LogP contribution in [0.1, 0.15) is 80.6 Å². The Morgan fingerprint density at radius 3 is 2.06 bits per heavy atom. The van der Waals surface area contributed by atoms with Crippen LogP contribution in [-0.2, 0) is 24.0 Å². The van der Waals surface area contributed by atoms with Gasteiger partial charge < -0.3 is 10.6 Å². The molecule has 0 bridgehead atoms. The van der Waals surface area contributed by atoms with Gasteiger partial charge in [-0.15, -0.1) is 0 Å². The van der Waals surface area contributed by atoms with Gasteiger partial charge in [0.1, 0.15) is 6.04 Å². The fourth-order valence-electron chi connectivity index (χ4n) is 3.85. The number of nitrogens with one attached hydrogen (secondary N) is 2. The van der Waals surface area contributed by atoms with Gasteiger partial charge in [0.05, 0.1) is 6.04 Å². The van der Waals surface area contributed by atoms with E-state index in [1.54, 1.807) is 20.8 Å². The molecule has 1 saturated heterocycles. The minimum Gasteiger partial charge on any atom is -0.345 e. The molecule has 0 saturated carbocycles. The SMILES string of the molecule is CC(C)C(=O)[C@@H](C)NC(=O)C(NC(=O)CCCCCN1C(=O)CC(C(C)C)C1=O)C(C)C. The van der Waals surface area contributed by atoms with Crippen LogP contribution in [-0.4, -0.2) is 52.9 Å². The molecule has 1 aliphatic heterocycles. The number of hydrogen-bond acceptors (Lipinski definition) is 5. The van der Waals surface area contributed by atoms with E-state index in [1.165, 1.54) is 4.90 Å². The molecule has 1 heterocycles. The van der Waals surface area contributed by atoms with Gasteiger partial charge in [0, 0.05) is 31.2 Å². The Morgan fingerprint density at radius 2 is 1.56 bits per heavy atom. The lowest BCUT2D eigenvalue weighted by atomic mass is 9.94. The number of hydrogen-bond donors (Lipinski definition) is 2. The second-order valence-electron chi connectivity index (χ2n) is 9.83. The Bertz CT molecular complexity index is 702. The first-order chi connectivity index (χ1) is 14.9. The molecule has 32 heavy (non-hydrogen) atoms. The van der Waals surface area contributed by atoms with Gasteiger partial charge in [-0.1, -0.05) is 48.0 Å². The summed E-state index contributed by atoms with van der Waals surface area (Å²) in [5.41, 5.74) is 0. The van der Waals surface area contributed by atoms with Gasteiger partial charge in [-0.3, -0.25) is 28.9 Å². The molecule has 2 unspecified atom stereocenters. The predicted molar refractivity (Wildman–Crippen MR) is 122 cm³/mol. The molecule has 0 aliphatic carbocycles. The van der Waals surface area contributed by atoms with E-state index in [2.05, 4.69) is 10.6 Å². The van der Waals surface area contributed by atoms with Crippen molar-refractivity contribution in [1.29, 1.82) is 0 Å². The number of amides is 4. The molecule has 0 aromatic carbocycles. The van der Waals surface area contributed by atoms with E-state index in [9.17, 15) is 24.0 Å². The first-order valence-corrected chi connectivity index (χ1v) is 11.8. The summed E-state index contributed by atoms with van der Waals surface area (Å²) >= 11 is 0. The number of Topliss-reactive ketones (excluding diaryl/α,β-unsaturated/α-hetero) is 1. The number of carbonyl (C=O) groups is 5. The zero-order chi connectivity index (χ0) is 24.6. The first kappa shape index (κ1) is 27.8. The van der Waals surface area contributed by atoms with Gasteiger partial charge in [0.2, 0.25) is 23.6 Å². The maximum Gasteiger partial charge on any atom is 0.243 e. The normalized spacial score (nSPS) is 18.4. The van der Waals surface area contributed by atoms with Crippen LogP contribution >= 0.6 is 0 Å². The highest BCUT2D eigenvalue weighted by molar-refractivity contribution is 6.03. The van der Waals surface area contributed by atoms with E-state index in [4.69, 9.17) is 0 Å². The summed E-state index contributed by atoms with van der Waals surface area (Å²) in [4.78, 5) is 62.7. The fraction of sp³-hybridized carbons (Fsp3) is 0.792. The molecule has 2 N–H and O–H groups in total. The largest absolute Gasteiger partial charge is 0.345 e. The zero-order valence-electron chi connectivity index (χ0n) is 20.7. The number of imide groups is 1. The van der Waals surface area contributed by atoms with E-state index < -0.39 is 12.1 Å². The molecular formula is C24H41N3O5. The molecule has 0 aromatic heterocycles. The molecule has 0 radical (unpaired) electrons. The van der Waals surface area contributed by atoms with E-state index in [0.717, 1.165) is 0 Å². The Balaban J connectivity index is 2.41. The summed E-state index contributed by atoms with van der Waals surface area (Å²) < 4.78 is 0. The Hall–Kier alpha value is -2.25. The van der Waals surface area contributed by atoms with Crippen LogP contribution in [0, 0.1) is 23.7 Å². The number of likely N-dealkylation sites (tertiary alicyclic amines) is 1. The van der Waals surface area contributed by atoms with E-state index in [0.29, 0.717) is 32.2 Å². The third-order valence-electron chi connectivity index (χ3n) is 5.99. The Kier molecular flexibility index (Phi) is 11.0. The molecule has 1 rings (SSSR count). The van der Waals surface area contributed by atoms with Gasteiger partial charge >= 0.3 is 0 Å². The topological polar surface area (TPSA) is 113 Å². The lowest BCUT2D eigenvalue weighted by Crippen LogP contribution is -2.53. The molecule has 1 fully saturated rings. The van der Waals surface area contributed by atoms with Gasteiger partial charge in [0.15, 0.2) is 5.78 Å². The van der Waals surface area contributed by atoms with E-state index >= 15 is 0 Å². The Morgan fingerprint density at radius 1 is 0.938 bits per heavy atom. The predicted octanol–water partition coefficient (Wildman–Crippen LogP) is 2.45. The number of carbonyl (C=O) groups excluding carboxylic acids is 5. The third-order valence-corrected chi connectivity index (χ3v) is 5.99. The number of nitrogens with zero attached hydrogens (tertiary/aromatic N) is 1. The monoisotopic (exact) mass is 451 g/mol. The molecule has 3 atom stereocenters. The summed E-state index contributed by atoms with van der Waals surface area (Å²) in [6.45, 7) is 13.2. The van der Waals surface area contributed by atoms with E-state index in [1.807, 2.05) is 27.7 Å². The van der Waals surface area contributed by atoms with Gasteiger partial charge in [-0.2, -0.15) is 0 Å². The van der Waals surface area contributed by atoms with Crippen molar-refractivity contribution in [3.05, 3.63) is 0 Å². The summed E-state index contributed by atoms with van der Waals surface area (Å²) in [7, 11) is 0. The van der Waals surface area contributed by atoms with Gasteiger partial charge in [-0.25, -0.2) is 0 Å². The minimum atomic E-state index is -0.710. The minimum absolute atomic E-state index is 0.0538. The molecular weight excluding hydrogens is 410 g/mol. The molecule has 4 amide bonds. The van der Waals surface area contributed by atoms with Crippen molar-refractivity contribution in [1.82, 2.24) is 15.5 Å². The van der Waals surface area contributed by atoms with Crippen LogP contribution < -0.4 is 10.6 Å². The molecule has 8 nitrogen and oxygen atoms in total. The maximum atomic E-state index is 12.6. The first-order valence-electron chi connectivity index (χ1n) is 11.8. The van der Waals surface area contributed by atoms with Crippen LogP contribution in [0.15, 0.2) is 0 Å². The van der Waals surface area contributed by atoms with Crippen LogP contribution in [0.3, 0.4) is 0 Å². The molecule has 0 spiro atoms. The van der Waals surface area contributed by atoms with Gasteiger partial charge in [0.25, 0.3) is 0 Å². The standard InChI is InChI=1S/C24H41N3O5/c1-14(2)18-13-20(29)27(24(18)32)12-10-8-9-11-19(28)26-21(15(3)4)23(31)25-17(7)22(30)16(5)6/h14-18,21H,8-13H2,1-7H3,(H,25,31)(H,26,28)/t17-,18?,21?/m1/s1. The van der Waals surface area contributed by atoms with Crippen LogP contribution in [0.2, 0.25) is 0 Å². The van der Waals surface area contributed by atoms with Crippen molar-refractivity contribution in [3.63, 3.8) is 0 Å². The Labute approximate surface area is 192 Å². The van der Waals surface area contributed by atoms with Crippen molar-refractivity contribution in [2.45, 2.75) is 92.7 Å². The summed E-state index contributed by atoms with van der Waals surface area (Å²) in [6, 6.07) is -1.32. The molecule has 1 aliphatic rings. The summed E-state index contributed by atoms with van der Waals surface area (Å²) in [5.74, 6) is -1.21. The summed E-state index contributed by atoms with van der Waals surface area (Å²) in [6.07, 6.45) is 2.50. The molecule has 0 aromatic rings. The highest BCUT2D eigenvalue weighted by atomic mass is 16.2. The smallest absolute Gasteiger partial charge is 0.243 e. The van der Waals surface area contributed by atoms with Crippen LogP contribution in [0.25, 0.3) is 0 Å². The second kappa shape index (κ2) is 12.7. The van der Waals surface area contributed by atoms with Crippen molar-refractivity contribution in [2.24, 2.45) is 23.7 Å². The van der Waals surface area contributed by atoms with Crippen LogP contribution in [0.4, 0.5) is 0 Å². The van der Waals surface area contributed by atoms with Crippen molar-refractivity contribution in [2.75, 3.05) is 6.54 Å². The molecule has 8 heteroatoms. The van der Waals surface area contributed by atoms with Gasteiger partial charge in [-0.05, 0) is 31.6 Å². The van der Waals surface area contributed by atoms with E-state index in [-0.39, 0.29) is 59.5 Å².